The Morgan fingerprint density at radius 2 is 2.00 bits per heavy atom. The number of hydrogen-bond donors (Lipinski definition) is 0. The van der Waals surface area contributed by atoms with Crippen LogP contribution in [0.4, 0.5) is 0 Å². The van der Waals surface area contributed by atoms with Crippen LogP contribution in [0.2, 0.25) is 0 Å². The lowest BCUT2D eigenvalue weighted by Crippen LogP contribution is -2.50. The van der Waals surface area contributed by atoms with Gasteiger partial charge >= 0.3 is 0 Å². The van der Waals surface area contributed by atoms with Gasteiger partial charge in [0.15, 0.2) is 5.79 Å². The fraction of sp³-hybridized carbons (Fsp3) is 0.933. The first-order valence-electron chi connectivity index (χ1n) is 7.35. The van der Waals surface area contributed by atoms with E-state index in [1.54, 1.807) is 0 Å². The van der Waals surface area contributed by atoms with E-state index in [0.717, 1.165) is 32.3 Å². The molecule has 0 amide bonds. The van der Waals surface area contributed by atoms with E-state index in [1.165, 1.54) is 12.8 Å². The molecule has 0 aromatic carbocycles. The highest BCUT2D eigenvalue weighted by atomic mass is 16.7. The summed E-state index contributed by atoms with van der Waals surface area (Å²) in [5.74, 6) is -0.0443. The number of ether oxygens (including phenoxy) is 2. The second-order valence-corrected chi connectivity index (χ2v) is 6.26. The minimum absolute atomic E-state index is 0.0170. The molecule has 3 nitrogen and oxygen atoms in total. The zero-order chi connectivity index (χ0) is 13.2. The van der Waals surface area contributed by atoms with E-state index in [2.05, 4.69) is 6.92 Å². The second-order valence-electron chi connectivity index (χ2n) is 6.26. The first-order chi connectivity index (χ1) is 8.50. The zero-order valence-corrected chi connectivity index (χ0v) is 12.0. The van der Waals surface area contributed by atoms with Crippen molar-refractivity contribution in [2.24, 2.45) is 5.41 Å². The summed E-state index contributed by atoms with van der Waals surface area (Å²) in [4.78, 5) is 12.2. The van der Waals surface area contributed by atoms with Crippen LogP contribution in [-0.2, 0) is 14.3 Å². The lowest BCUT2D eigenvalue weighted by molar-refractivity contribution is -0.303. The molecule has 2 fully saturated rings. The van der Waals surface area contributed by atoms with Gasteiger partial charge in [-0.05, 0) is 25.7 Å². The third-order valence-corrected chi connectivity index (χ3v) is 4.47. The van der Waals surface area contributed by atoms with Gasteiger partial charge in [-0.15, -0.1) is 0 Å². The molecule has 2 rings (SSSR count). The van der Waals surface area contributed by atoms with Gasteiger partial charge in [-0.2, -0.15) is 0 Å². The molecule has 1 saturated carbocycles. The fourth-order valence-corrected chi connectivity index (χ4v) is 3.12. The largest absolute Gasteiger partial charge is 0.350 e. The highest BCUT2D eigenvalue weighted by Crippen LogP contribution is 2.42. The van der Waals surface area contributed by atoms with Gasteiger partial charge in [-0.25, -0.2) is 0 Å². The molecular formula is C15H26O3. The number of carbonyl (C=O) groups is 1. The lowest BCUT2D eigenvalue weighted by Gasteiger charge is -2.44. The number of carbonyl (C=O) groups excluding carboxylic acids is 1. The molecule has 2 aliphatic rings. The molecule has 0 aromatic heterocycles. The minimum atomic E-state index is -0.380. The van der Waals surface area contributed by atoms with Crippen molar-refractivity contribution in [2.45, 2.75) is 77.6 Å². The number of ketones is 1. The lowest BCUT2D eigenvalue weighted by atomic mass is 9.78. The molecule has 1 saturated heterocycles. The van der Waals surface area contributed by atoms with E-state index >= 15 is 0 Å². The third-order valence-electron chi connectivity index (χ3n) is 4.47. The highest BCUT2D eigenvalue weighted by Gasteiger charge is 2.47. The van der Waals surface area contributed by atoms with E-state index in [4.69, 9.17) is 9.47 Å². The quantitative estimate of drug-likeness (QED) is 0.770. The molecule has 1 aliphatic heterocycles. The van der Waals surface area contributed by atoms with Gasteiger partial charge < -0.3 is 9.47 Å². The topological polar surface area (TPSA) is 35.5 Å². The van der Waals surface area contributed by atoms with Crippen molar-refractivity contribution >= 4 is 5.78 Å². The second kappa shape index (κ2) is 5.30. The van der Waals surface area contributed by atoms with E-state index in [-0.39, 0.29) is 17.3 Å². The summed E-state index contributed by atoms with van der Waals surface area (Å²) >= 11 is 0. The first-order valence-corrected chi connectivity index (χ1v) is 7.35. The van der Waals surface area contributed by atoms with Crippen LogP contribution in [0.1, 0.15) is 65.7 Å². The summed E-state index contributed by atoms with van der Waals surface area (Å²) < 4.78 is 12.1. The smallest absolute Gasteiger partial charge is 0.168 e. The molecule has 18 heavy (non-hydrogen) atoms. The summed E-state index contributed by atoms with van der Waals surface area (Å²) in [6.07, 6.45) is 6.75. The molecule has 1 aliphatic carbocycles. The maximum Gasteiger partial charge on any atom is 0.168 e. The van der Waals surface area contributed by atoms with Crippen molar-refractivity contribution in [3.8, 4) is 0 Å². The summed E-state index contributed by atoms with van der Waals surface area (Å²) in [7, 11) is 0. The van der Waals surface area contributed by atoms with Crippen LogP contribution >= 0.6 is 0 Å². The van der Waals surface area contributed by atoms with E-state index in [9.17, 15) is 4.79 Å². The van der Waals surface area contributed by atoms with Crippen molar-refractivity contribution in [1.29, 1.82) is 0 Å². The van der Waals surface area contributed by atoms with Crippen molar-refractivity contribution in [1.82, 2.24) is 0 Å². The summed E-state index contributed by atoms with van der Waals surface area (Å²) in [6.45, 7) is 6.85. The third kappa shape index (κ3) is 2.62. The Kier molecular flexibility index (Phi) is 4.12. The average Bonchev–Trinajstić information content (AvgIpc) is 2.77. The van der Waals surface area contributed by atoms with Gasteiger partial charge in [0.2, 0.25) is 0 Å². The molecule has 1 atom stereocenters. The van der Waals surface area contributed by atoms with Crippen molar-refractivity contribution < 1.29 is 14.3 Å². The normalized spacial score (nSPS) is 27.6. The van der Waals surface area contributed by atoms with Gasteiger partial charge in [0, 0.05) is 24.7 Å². The molecule has 1 heterocycles. The molecule has 0 unspecified atom stereocenters. The molecule has 0 bridgehead atoms. The number of Topliss-reactive ketones (excluding diaryl/α,β-unsaturated/α-hetero) is 1. The monoisotopic (exact) mass is 254 g/mol. The van der Waals surface area contributed by atoms with E-state index < -0.39 is 0 Å². The molecule has 0 radical (unpaired) electrons. The van der Waals surface area contributed by atoms with Crippen LogP contribution in [0, 0.1) is 5.41 Å². The maximum absolute atomic E-state index is 12.2. The van der Waals surface area contributed by atoms with Crippen LogP contribution in [0.25, 0.3) is 0 Å². The van der Waals surface area contributed by atoms with Gasteiger partial charge in [0.25, 0.3) is 0 Å². The first kappa shape index (κ1) is 14.0. The molecule has 1 spiro atoms. The Labute approximate surface area is 110 Å². The molecule has 0 N–H and O–H groups in total. The predicted octanol–water partition coefficient (Wildman–Crippen LogP) is 3.46. The minimum Gasteiger partial charge on any atom is -0.350 e. The van der Waals surface area contributed by atoms with Gasteiger partial charge in [-0.1, -0.05) is 20.8 Å². The SMILES string of the molecule is CCCC(=O)C(C)(C)[C@@H]1CCOC2(CCCC2)O1. The van der Waals surface area contributed by atoms with Crippen molar-refractivity contribution in [3.05, 3.63) is 0 Å². The van der Waals surface area contributed by atoms with Crippen LogP contribution in [-0.4, -0.2) is 24.3 Å². The average molecular weight is 254 g/mol. The molecular weight excluding hydrogens is 228 g/mol. The number of hydrogen-bond acceptors (Lipinski definition) is 3. The fourth-order valence-electron chi connectivity index (χ4n) is 3.12. The molecule has 3 heteroatoms. The Morgan fingerprint density at radius 3 is 2.61 bits per heavy atom. The van der Waals surface area contributed by atoms with E-state index in [1.807, 2.05) is 13.8 Å². The van der Waals surface area contributed by atoms with Crippen molar-refractivity contribution in [3.63, 3.8) is 0 Å². The summed E-state index contributed by atoms with van der Waals surface area (Å²) in [5, 5.41) is 0. The summed E-state index contributed by atoms with van der Waals surface area (Å²) in [5.41, 5.74) is -0.380. The van der Waals surface area contributed by atoms with Gasteiger partial charge in [-0.3, -0.25) is 4.79 Å². The Hall–Kier alpha value is -0.410. The predicted molar refractivity (Wildman–Crippen MR) is 70.3 cm³/mol. The van der Waals surface area contributed by atoms with Gasteiger partial charge in [0.1, 0.15) is 5.78 Å². The van der Waals surface area contributed by atoms with Crippen LogP contribution in [0.15, 0.2) is 0 Å². The standard InChI is InChI=1S/C15H26O3/c1-4-7-12(16)14(2,3)13-8-11-17-15(18-13)9-5-6-10-15/h13H,4-11H2,1-3H3/t13-/m0/s1. The Balaban J connectivity index is 2.05. The molecule has 0 aromatic rings. The molecule has 104 valence electrons. The van der Waals surface area contributed by atoms with Crippen molar-refractivity contribution in [2.75, 3.05) is 6.61 Å². The maximum atomic E-state index is 12.2. The van der Waals surface area contributed by atoms with Crippen LogP contribution in [0.3, 0.4) is 0 Å². The Morgan fingerprint density at radius 1 is 1.33 bits per heavy atom. The Bertz CT molecular complexity index is 303. The highest BCUT2D eigenvalue weighted by molar-refractivity contribution is 5.84. The van der Waals surface area contributed by atoms with Crippen LogP contribution < -0.4 is 0 Å². The number of rotatable bonds is 4. The summed E-state index contributed by atoms with van der Waals surface area (Å²) in [6, 6.07) is 0. The van der Waals surface area contributed by atoms with Crippen LogP contribution in [0.5, 0.6) is 0 Å². The van der Waals surface area contributed by atoms with E-state index in [0.29, 0.717) is 12.2 Å². The zero-order valence-electron chi connectivity index (χ0n) is 12.0. The van der Waals surface area contributed by atoms with Gasteiger partial charge in [0.05, 0.1) is 12.7 Å².